The van der Waals surface area contributed by atoms with E-state index in [0.29, 0.717) is 5.11 Å². The van der Waals surface area contributed by atoms with Gasteiger partial charge in [-0.15, -0.1) is 0 Å². The molecule has 0 fully saturated rings. The number of halogens is 1. The van der Waals surface area contributed by atoms with Crippen molar-refractivity contribution < 1.29 is 9.53 Å². The van der Waals surface area contributed by atoms with Gasteiger partial charge in [0.1, 0.15) is 0 Å². The second-order valence-corrected chi connectivity index (χ2v) is 6.05. The third-order valence-corrected chi connectivity index (χ3v) is 3.90. The highest BCUT2D eigenvalue weighted by molar-refractivity contribution is 7.80. The summed E-state index contributed by atoms with van der Waals surface area (Å²) in [5.74, 6) is -0.255. The molecule has 126 valence electrons. The highest BCUT2D eigenvalue weighted by atomic mass is 35.5. The fourth-order valence-electron chi connectivity index (χ4n) is 2.09. The molecule has 0 aliphatic rings. The van der Waals surface area contributed by atoms with Gasteiger partial charge in [-0.05, 0) is 54.0 Å². The van der Waals surface area contributed by atoms with E-state index in [1.165, 1.54) is 12.7 Å². The number of anilines is 1. The number of ether oxygens (including phenoxy) is 1. The van der Waals surface area contributed by atoms with Crippen LogP contribution in [0.15, 0.2) is 48.5 Å². The minimum atomic E-state index is -0.255. The van der Waals surface area contributed by atoms with Crippen LogP contribution >= 0.6 is 23.8 Å². The normalized spacial score (nSPS) is 10.1. The quantitative estimate of drug-likeness (QED) is 0.607. The number of nitrogens with one attached hydrogen (secondary N) is 2. The van der Waals surface area contributed by atoms with E-state index in [2.05, 4.69) is 15.4 Å². The lowest BCUT2D eigenvalue weighted by Gasteiger charge is -2.11. The Bertz CT molecular complexity index is 687. The summed E-state index contributed by atoms with van der Waals surface area (Å²) in [4.78, 5) is 11.2. The topological polar surface area (TPSA) is 50.4 Å². The fraction of sp³-hybridized carbons (Fsp3) is 0.222. The number of rotatable bonds is 6. The van der Waals surface area contributed by atoms with Crippen molar-refractivity contribution in [3.8, 4) is 0 Å². The van der Waals surface area contributed by atoms with E-state index >= 15 is 0 Å². The number of methoxy groups -OCH3 is 1. The Balaban J connectivity index is 1.75. The minimum Gasteiger partial charge on any atom is -0.469 e. The summed E-state index contributed by atoms with van der Waals surface area (Å²) in [6.45, 7) is 0.730. The molecule has 0 bridgehead atoms. The third-order valence-electron chi connectivity index (χ3n) is 3.40. The first-order valence-electron chi connectivity index (χ1n) is 7.52. The Hall–Kier alpha value is -2.11. The standard InChI is InChI=1S/C18H19ClN2O2S/c1-23-17(22)12-14-4-8-16(9-5-14)21-18(24)20-11-10-13-2-6-15(19)7-3-13/h2-9H,10-12H2,1H3,(H2,20,21,24). The molecule has 0 saturated carbocycles. The van der Waals surface area contributed by atoms with Crippen LogP contribution in [0.4, 0.5) is 5.69 Å². The predicted octanol–water partition coefficient (Wildman–Crippen LogP) is 3.58. The number of esters is 1. The van der Waals surface area contributed by atoms with E-state index in [1.807, 2.05) is 48.5 Å². The molecule has 0 atom stereocenters. The van der Waals surface area contributed by atoms with Gasteiger partial charge in [0.15, 0.2) is 5.11 Å². The van der Waals surface area contributed by atoms with Crippen molar-refractivity contribution >= 4 is 40.6 Å². The van der Waals surface area contributed by atoms with Gasteiger partial charge in [-0.2, -0.15) is 0 Å². The van der Waals surface area contributed by atoms with Crippen molar-refractivity contribution in [2.24, 2.45) is 0 Å². The van der Waals surface area contributed by atoms with Crippen molar-refractivity contribution in [3.63, 3.8) is 0 Å². The number of hydrogen-bond acceptors (Lipinski definition) is 3. The Labute approximate surface area is 152 Å². The zero-order chi connectivity index (χ0) is 17.4. The second-order valence-electron chi connectivity index (χ2n) is 5.21. The molecule has 0 aliphatic carbocycles. The van der Waals surface area contributed by atoms with Crippen molar-refractivity contribution in [1.82, 2.24) is 5.32 Å². The first-order valence-corrected chi connectivity index (χ1v) is 8.30. The number of thiocarbonyl (C=S) groups is 1. The average molecular weight is 363 g/mol. The number of carbonyl (C=O) groups is 1. The highest BCUT2D eigenvalue weighted by Gasteiger charge is 2.03. The third kappa shape index (κ3) is 6.18. The summed E-state index contributed by atoms with van der Waals surface area (Å²) in [6.07, 6.45) is 1.12. The first kappa shape index (κ1) is 18.2. The molecule has 0 spiro atoms. The zero-order valence-electron chi connectivity index (χ0n) is 13.3. The van der Waals surface area contributed by atoms with Crippen LogP contribution in [0.2, 0.25) is 5.02 Å². The molecule has 0 aromatic heterocycles. The monoisotopic (exact) mass is 362 g/mol. The summed E-state index contributed by atoms with van der Waals surface area (Å²) in [5.41, 5.74) is 2.96. The molecule has 2 rings (SSSR count). The minimum absolute atomic E-state index is 0.255. The van der Waals surface area contributed by atoms with Crippen molar-refractivity contribution in [3.05, 3.63) is 64.7 Å². The summed E-state index contributed by atoms with van der Waals surface area (Å²) < 4.78 is 4.64. The molecule has 0 heterocycles. The van der Waals surface area contributed by atoms with E-state index in [-0.39, 0.29) is 12.4 Å². The van der Waals surface area contributed by atoms with Crippen molar-refractivity contribution in [1.29, 1.82) is 0 Å². The Morgan fingerprint density at radius 1 is 1.08 bits per heavy atom. The molecule has 24 heavy (non-hydrogen) atoms. The highest BCUT2D eigenvalue weighted by Crippen LogP contribution is 2.11. The van der Waals surface area contributed by atoms with E-state index in [0.717, 1.165) is 29.2 Å². The molecular weight excluding hydrogens is 344 g/mol. The molecule has 2 aromatic carbocycles. The maximum Gasteiger partial charge on any atom is 0.309 e. The first-order chi connectivity index (χ1) is 11.6. The van der Waals surface area contributed by atoms with Crippen LogP contribution in [0.5, 0.6) is 0 Å². The van der Waals surface area contributed by atoms with Gasteiger partial charge in [-0.1, -0.05) is 35.9 Å². The summed E-state index contributed by atoms with van der Waals surface area (Å²) in [7, 11) is 1.38. The van der Waals surface area contributed by atoms with Gasteiger partial charge in [0.2, 0.25) is 0 Å². The van der Waals surface area contributed by atoms with Gasteiger partial charge < -0.3 is 15.4 Å². The van der Waals surface area contributed by atoms with Gasteiger partial charge in [0.25, 0.3) is 0 Å². The summed E-state index contributed by atoms with van der Waals surface area (Å²) in [5, 5.41) is 7.57. The maximum atomic E-state index is 11.2. The zero-order valence-corrected chi connectivity index (χ0v) is 14.9. The van der Waals surface area contributed by atoms with Crippen molar-refractivity contribution in [2.75, 3.05) is 19.0 Å². The second kappa shape index (κ2) is 9.25. The maximum absolute atomic E-state index is 11.2. The molecule has 4 nitrogen and oxygen atoms in total. The molecule has 6 heteroatoms. The van der Waals surface area contributed by atoms with E-state index < -0.39 is 0 Å². The van der Waals surface area contributed by atoms with Gasteiger partial charge in [-0.3, -0.25) is 4.79 Å². The molecule has 0 radical (unpaired) electrons. The number of benzene rings is 2. The van der Waals surface area contributed by atoms with Crippen LogP contribution in [0, 0.1) is 0 Å². The molecule has 0 unspecified atom stereocenters. The molecular formula is C18H19ClN2O2S. The van der Waals surface area contributed by atoms with E-state index in [9.17, 15) is 4.79 Å². The Morgan fingerprint density at radius 2 is 1.71 bits per heavy atom. The van der Waals surface area contributed by atoms with Crippen molar-refractivity contribution in [2.45, 2.75) is 12.8 Å². The Morgan fingerprint density at radius 3 is 2.33 bits per heavy atom. The van der Waals surface area contributed by atoms with E-state index in [4.69, 9.17) is 23.8 Å². The van der Waals surface area contributed by atoms with Gasteiger partial charge in [-0.25, -0.2) is 0 Å². The fourth-order valence-corrected chi connectivity index (χ4v) is 2.44. The largest absolute Gasteiger partial charge is 0.469 e. The Kier molecular flexibility index (Phi) is 7.03. The van der Waals surface area contributed by atoms with Crippen LogP contribution in [0.25, 0.3) is 0 Å². The lowest BCUT2D eigenvalue weighted by Crippen LogP contribution is -2.30. The molecule has 2 N–H and O–H groups in total. The summed E-state index contributed by atoms with van der Waals surface area (Å²) >= 11 is 11.1. The van der Waals surface area contributed by atoms with Crippen LogP contribution in [0.3, 0.4) is 0 Å². The average Bonchev–Trinajstić information content (AvgIpc) is 2.58. The summed E-state index contributed by atoms with van der Waals surface area (Å²) in [6, 6.07) is 15.3. The molecule has 0 amide bonds. The van der Waals surface area contributed by atoms with E-state index in [1.54, 1.807) is 0 Å². The van der Waals surface area contributed by atoms with Crippen LogP contribution in [0.1, 0.15) is 11.1 Å². The van der Waals surface area contributed by atoms with Gasteiger partial charge in [0.05, 0.1) is 13.5 Å². The smallest absolute Gasteiger partial charge is 0.309 e. The predicted molar refractivity (Wildman–Crippen MR) is 102 cm³/mol. The SMILES string of the molecule is COC(=O)Cc1ccc(NC(=S)NCCc2ccc(Cl)cc2)cc1. The molecule has 2 aromatic rings. The lowest BCUT2D eigenvalue weighted by atomic mass is 10.1. The lowest BCUT2D eigenvalue weighted by molar-refractivity contribution is -0.139. The van der Waals surface area contributed by atoms with Crippen LogP contribution in [-0.4, -0.2) is 24.7 Å². The molecule has 0 saturated heterocycles. The number of hydrogen-bond donors (Lipinski definition) is 2. The van der Waals surface area contributed by atoms with Gasteiger partial charge in [0, 0.05) is 17.3 Å². The number of carbonyl (C=O) groups excluding carboxylic acids is 1. The van der Waals surface area contributed by atoms with Crippen LogP contribution in [-0.2, 0) is 22.4 Å². The molecule has 0 aliphatic heterocycles. The van der Waals surface area contributed by atoms with Gasteiger partial charge >= 0.3 is 5.97 Å². The van der Waals surface area contributed by atoms with Crippen LogP contribution < -0.4 is 10.6 Å².